The number of fused-ring (bicyclic) bond motifs is 1. The van der Waals surface area contributed by atoms with Gasteiger partial charge in [0.1, 0.15) is 11.9 Å². The molecule has 0 unspecified atom stereocenters. The zero-order chi connectivity index (χ0) is 20.6. The maximum absolute atomic E-state index is 12.9. The lowest BCUT2D eigenvalue weighted by Gasteiger charge is -2.35. The van der Waals surface area contributed by atoms with Crippen molar-refractivity contribution in [1.29, 1.82) is 0 Å². The number of rotatable bonds is 4. The molecule has 1 N–H and O–H groups in total. The molecule has 2 fully saturated rings. The molecule has 0 radical (unpaired) electrons. The Hall–Kier alpha value is -2.55. The molecular formula is C20H22F3N3O3. The maximum atomic E-state index is 12.9. The Bertz CT molecular complexity index is 864. The summed E-state index contributed by atoms with van der Waals surface area (Å²) in [6.45, 7) is 1.12. The minimum atomic E-state index is -4.58. The van der Waals surface area contributed by atoms with Crippen LogP contribution in [0.1, 0.15) is 18.7 Å². The summed E-state index contributed by atoms with van der Waals surface area (Å²) >= 11 is 0. The number of anilines is 1. The Kier molecular flexibility index (Phi) is 5.24. The first-order valence-corrected chi connectivity index (χ1v) is 9.48. The second-order valence-electron chi connectivity index (χ2n) is 7.51. The third-order valence-electron chi connectivity index (χ3n) is 5.65. The van der Waals surface area contributed by atoms with E-state index in [9.17, 15) is 18.3 Å². The standard InChI is InChI=1S/C20H22F3N3O3/c1-28-15-4-2-3-5-16(15)29-17-9-13-11-26(10-12(13)8-14(17)27)18-6-7-24-19(25-18)20(21,22)23/h2-7,12-14,17,27H,8-11H2,1H3/t12-,13+,14+,17+/m0/s1. The summed E-state index contributed by atoms with van der Waals surface area (Å²) in [5.41, 5.74) is 0. The van der Waals surface area contributed by atoms with E-state index in [1.165, 1.54) is 6.07 Å². The molecule has 4 rings (SSSR count). The van der Waals surface area contributed by atoms with E-state index < -0.39 is 24.2 Å². The van der Waals surface area contributed by atoms with Crippen LogP contribution in [0.3, 0.4) is 0 Å². The smallest absolute Gasteiger partial charge is 0.451 e. The van der Waals surface area contributed by atoms with Gasteiger partial charge < -0.3 is 19.5 Å². The Labute approximate surface area is 166 Å². The van der Waals surface area contributed by atoms with Crippen LogP contribution in [0, 0.1) is 11.8 Å². The third-order valence-corrected chi connectivity index (χ3v) is 5.65. The van der Waals surface area contributed by atoms with Crippen LogP contribution in [0.5, 0.6) is 11.5 Å². The minimum absolute atomic E-state index is 0.173. The highest BCUT2D eigenvalue weighted by Crippen LogP contribution is 2.40. The Morgan fingerprint density at radius 2 is 1.76 bits per heavy atom. The average Bonchev–Trinajstić information content (AvgIpc) is 3.11. The van der Waals surface area contributed by atoms with Gasteiger partial charge in [-0.15, -0.1) is 0 Å². The zero-order valence-electron chi connectivity index (χ0n) is 15.8. The topological polar surface area (TPSA) is 67.7 Å². The fraction of sp³-hybridized carbons (Fsp3) is 0.500. The van der Waals surface area contributed by atoms with Crippen molar-refractivity contribution in [3.05, 3.63) is 42.4 Å². The molecule has 4 atom stereocenters. The average molecular weight is 409 g/mol. The molecule has 29 heavy (non-hydrogen) atoms. The number of hydrogen-bond acceptors (Lipinski definition) is 6. The van der Waals surface area contributed by atoms with E-state index in [1.54, 1.807) is 19.2 Å². The lowest BCUT2D eigenvalue weighted by molar-refractivity contribution is -0.144. The molecule has 6 nitrogen and oxygen atoms in total. The van der Waals surface area contributed by atoms with Crippen LogP contribution in [0.2, 0.25) is 0 Å². The van der Waals surface area contributed by atoms with Crippen LogP contribution in [0.15, 0.2) is 36.5 Å². The largest absolute Gasteiger partial charge is 0.493 e. The molecule has 156 valence electrons. The lowest BCUT2D eigenvalue weighted by atomic mass is 9.78. The minimum Gasteiger partial charge on any atom is -0.493 e. The second kappa shape index (κ2) is 7.70. The van der Waals surface area contributed by atoms with E-state index in [0.717, 1.165) is 6.20 Å². The number of nitrogens with zero attached hydrogens (tertiary/aromatic N) is 3. The van der Waals surface area contributed by atoms with Crippen LogP contribution in [0.25, 0.3) is 0 Å². The number of ether oxygens (including phenoxy) is 2. The van der Waals surface area contributed by atoms with E-state index in [4.69, 9.17) is 9.47 Å². The molecule has 2 heterocycles. The molecule has 0 spiro atoms. The number of alkyl halides is 3. The van der Waals surface area contributed by atoms with Gasteiger partial charge in [-0.1, -0.05) is 12.1 Å². The summed E-state index contributed by atoms with van der Waals surface area (Å²) in [6, 6.07) is 8.74. The van der Waals surface area contributed by atoms with Crippen molar-refractivity contribution in [2.24, 2.45) is 11.8 Å². The van der Waals surface area contributed by atoms with E-state index >= 15 is 0 Å². The van der Waals surface area contributed by atoms with E-state index in [0.29, 0.717) is 37.4 Å². The van der Waals surface area contributed by atoms with Crippen LogP contribution < -0.4 is 14.4 Å². The SMILES string of the molecule is COc1ccccc1O[C@@H]1C[C@@H]2CN(c3ccnc(C(F)(F)F)n3)C[C@@H]2C[C@H]1O. The number of methoxy groups -OCH3 is 1. The molecular weight excluding hydrogens is 387 g/mol. The Balaban J connectivity index is 1.47. The van der Waals surface area contributed by atoms with Crippen LogP contribution in [0.4, 0.5) is 19.0 Å². The summed E-state index contributed by atoms with van der Waals surface area (Å²) in [7, 11) is 1.56. The van der Waals surface area contributed by atoms with Gasteiger partial charge in [-0.25, -0.2) is 9.97 Å². The molecule has 9 heteroatoms. The predicted molar refractivity (Wildman–Crippen MR) is 98.9 cm³/mol. The predicted octanol–water partition coefficient (Wildman–Crippen LogP) is 3.16. The van der Waals surface area contributed by atoms with Gasteiger partial charge in [-0.2, -0.15) is 13.2 Å². The monoisotopic (exact) mass is 409 g/mol. The van der Waals surface area contributed by atoms with Gasteiger partial charge in [0.2, 0.25) is 5.82 Å². The number of benzene rings is 1. The second-order valence-corrected chi connectivity index (χ2v) is 7.51. The Morgan fingerprint density at radius 3 is 2.45 bits per heavy atom. The van der Waals surface area contributed by atoms with Gasteiger partial charge >= 0.3 is 6.18 Å². The number of aromatic nitrogens is 2. The molecule has 1 aliphatic carbocycles. The van der Waals surface area contributed by atoms with Gasteiger partial charge in [-0.05, 0) is 42.9 Å². The summed E-state index contributed by atoms with van der Waals surface area (Å²) in [6.07, 6.45) is -3.36. The van der Waals surface area contributed by atoms with Crippen molar-refractivity contribution in [1.82, 2.24) is 9.97 Å². The number of aliphatic hydroxyl groups is 1. The first-order chi connectivity index (χ1) is 13.8. The Morgan fingerprint density at radius 1 is 1.07 bits per heavy atom. The fourth-order valence-electron chi connectivity index (χ4n) is 4.25. The molecule has 0 amide bonds. The first kappa shape index (κ1) is 19.8. The molecule has 1 aromatic carbocycles. The van der Waals surface area contributed by atoms with Gasteiger partial charge in [-0.3, -0.25) is 0 Å². The van der Waals surface area contributed by atoms with Gasteiger partial charge in [0.05, 0.1) is 13.2 Å². The summed E-state index contributed by atoms with van der Waals surface area (Å²) in [5, 5.41) is 10.6. The van der Waals surface area contributed by atoms with E-state index in [2.05, 4.69) is 9.97 Å². The maximum Gasteiger partial charge on any atom is 0.451 e. The normalized spacial score (nSPS) is 26.9. The van der Waals surface area contributed by atoms with Crippen molar-refractivity contribution >= 4 is 5.82 Å². The highest BCUT2D eigenvalue weighted by molar-refractivity contribution is 5.41. The number of hydrogen-bond donors (Lipinski definition) is 1. The zero-order valence-corrected chi connectivity index (χ0v) is 15.8. The molecule has 2 aromatic rings. The van der Waals surface area contributed by atoms with Gasteiger partial charge in [0, 0.05) is 19.3 Å². The highest BCUT2D eigenvalue weighted by atomic mass is 19.4. The number of para-hydroxylation sites is 2. The van der Waals surface area contributed by atoms with Crippen molar-refractivity contribution < 1.29 is 27.8 Å². The number of aliphatic hydroxyl groups excluding tert-OH is 1. The van der Waals surface area contributed by atoms with Crippen LogP contribution in [-0.2, 0) is 6.18 Å². The van der Waals surface area contributed by atoms with Crippen molar-refractivity contribution in [2.75, 3.05) is 25.1 Å². The quantitative estimate of drug-likeness (QED) is 0.837. The molecule has 2 aliphatic rings. The fourth-order valence-corrected chi connectivity index (χ4v) is 4.25. The molecule has 1 saturated heterocycles. The summed E-state index contributed by atoms with van der Waals surface area (Å²) in [5.74, 6) is 0.656. The lowest BCUT2D eigenvalue weighted by Crippen LogP contribution is -2.42. The molecule has 1 aliphatic heterocycles. The summed E-state index contributed by atoms with van der Waals surface area (Å²) in [4.78, 5) is 8.86. The van der Waals surface area contributed by atoms with Crippen molar-refractivity contribution in [3.63, 3.8) is 0 Å². The molecule has 1 aromatic heterocycles. The number of halogens is 3. The van der Waals surface area contributed by atoms with E-state index in [-0.39, 0.29) is 17.7 Å². The van der Waals surface area contributed by atoms with Crippen LogP contribution in [-0.4, -0.2) is 47.5 Å². The van der Waals surface area contributed by atoms with Gasteiger partial charge in [0.15, 0.2) is 11.5 Å². The van der Waals surface area contributed by atoms with Crippen LogP contribution >= 0.6 is 0 Å². The van der Waals surface area contributed by atoms with Crippen molar-refractivity contribution in [3.8, 4) is 11.5 Å². The third kappa shape index (κ3) is 4.10. The molecule has 0 bridgehead atoms. The summed E-state index contributed by atoms with van der Waals surface area (Å²) < 4.78 is 50.1. The highest BCUT2D eigenvalue weighted by Gasteiger charge is 2.44. The molecule has 1 saturated carbocycles. The van der Waals surface area contributed by atoms with Crippen molar-refractivity contribution in [2.45, 2.75) is 31.2 Å². The van der Waals surface area contributed by atoms with Gasteiger partial charge in [0.25, 0.3) is 0 Å². The van der Waals surface area contributed by atoms with E-state index in [1.807, 2.05) is 17.0 Å². The first-order valence-electron chi connectivity index (χ1n) is 9.48.